The number of hydrogen-bond donors (Lipinski definition) is 0. The molecule has 560 valence electrons. The van der Waals surface area contributed by atoms with E-state index in [2.05, 4.69) is 146 Å². The van der Waals surface area contributed by atoms with Crippen LogP contribution < -0.4 is 24.8 Å². The standard InChI is InChI=1S/4C22H29.2C6H10.2ClH.2Zr/c4*1-3-10-18(11-4-1)22(19-12-5-2-6-13-19)21-16-15-17-9-7-8-14-20(17)21;2*1-2-4-6-5-3-1;;;;/h4*7-9,14-16,18-19,22H,1-6,10-13H2;2*1-5H2;2*1H;;/q4*-1;;;;;2*+2/p-2. The third-order valence-corrected chi connectivity index (χ3v) is 30.9. The molecule has 0 N–H and O–H groups in total. The van der Waals surface area contributed by atoms with Crippen LogP contribution >= 0.6 is 0 Å². The predicted octanol–water partition coefficient (Wildman–Crippen LogP) is 24.6. The van der Waals surface area contributed by atoms with Gasteiger partial charge in [-0.25, -0.2) is 0 Å². The van der Waals surface area contributed by atoms with Gasteiger partial charge >= 0.3 is 119 Å². The van der Waals surface area contributed by atoms with Gasteiger partial charge in [-0.2, -0.15) is 0 Å². The summed E-state index contributed by atoms with van der Waals surface area (Å²) in [4.78, 5) is 0. The smallest absolute Gasteiger partial charge is 0.0430 e. The molecule has 10 fully saturated rings. The third kappa shape index (κ3) is 22.8. The average molecular weight is 1590 g/mol. The van der Waals surface area contributed by atoms with Gasteiger partial charge in [0.05, 0.1) is 0 Å². The van der Waals surface area contributed by atoms with Crippen molar-refractivity contribution in [3.05, 3.63) is 168 Å². The summed E-state index contributed by atoms with van der Waals surface area (Å²) in [6.45, 7) is 0. The van der Waals surface area contributed by atoms with E-state index < -0.39 is 0 Å². The molecular formula is C100H136Cl2Zr2-2. The van der Waals surface area contributed by atoms with Gasteiger partial charge in [0, 0.05) is 0 Å². The van der Waals surface area contributed by atoms with Crippen molar-refractivity contribution in [3.63, 3.8) is 0 Å². The van der Waals surface area contributed by atoms with Crippen molar-refractivity contribution >= 4 is 49.5 Å². The fraction of sp³-hybridized carbons (Fsp3) is 0.620. The average Bonchev–Trinajstić information content (AvgIpc) is 1.65. The van der Waals surface area contributed by atoms with Crippen LogP contribution in [0, 0.1) is 47.3 Å². The van der Waals surface area contributed by atoms with E-state index in [1.807, 2.05) is 0 Å². The van der Waals surface area contributed by atoms with Gasteiger partial charge in [0.2, 0.25) is 0 Å². The predicted molar refractivity (Wildman–Crippen MR) is 438 cm³/mol. The van der Waals surface area contributed by atoms with Gasteiger partial charge in [-0.05, 0) is 47.3 Å². The second-order valence-corrected chi connectivity index (χ2v) is 38.6. The molecule has 18 rings (SSSR count). The molecule has 8 aromatic carbocycles. The van der Waals surface area contributed by atoms with Crippen molar-refractivity contribution in [2.24, 2.45) is 47.3 Å². The van der Waals surface area contributed by atoms with Gasteiger partial charge in [-0.1, -0.05) is 305 Å². The van der Waals surface area contributed by atoms with Crippen molar-refractivity contribution in [2.45, 2.75) is 345 Å². The Balaban J connectivity index is 0.000000130. The fourth-order valence-electron chi connectivity index (χ4n) is 23.3. The molecule has 0 radical (unpaired) electrons. The Hall–Kier alpha value is -2.59. The summed E-state index contributed by atoms with van der Waals surface area (Å²) in [6.07, 6.45) is 73.4. The van der Waals surface area contributed by atoms with E-state index in [-0.39, 0.29) is 24.8 Å². The van der Waals surface area contributed by atoms with Crippen LogP contribution in [0.3, 0.4) is 0 Å². The third-order valence-electron chi connectivity index (χ3n) is 28.5. The molecule has 0 nitrogen and oxygen atoms in total. The van der Waals surface area contributed by atoms with E-state index in [0.29, 0.717) is 0 Å². The molecule has 0 saturated heterocycles. The minimum absolute atomic E-state index is 0. The number of benzene rings is 4. The zero-order chi connectivity index (χ0) is 69.3. The summed E-state index contributed by atoms with van der Waals surface area (Å²) in [5.41, 5.74) is 6.76. The van der Waals surface area contributed by atoms with Crippen molar-refractivity contribution in [1.82, 2.24) is 0 Å². The van der Waals surface area contributed by atoms with Crippen LogP contribution in [0.5, 0.6) is 0 Å². The minimum Gasteiger partial charge on any atom is -0.150 e. The first-order chi connectivity index (χ1) is 50.5. The molecule has 4 heteroatoms. The first kappa shape index (κ1) is 82.4. The summed E-state index contributed by atoms with van der Waals surface area (Å²) in [5.74, 6) is 10.9. The number of rotatable bonds is 12. The number of halogens is 2. The Kier molecular flexibility index (Phi) is 35.2. The summed E-state index contributed by atoms with van der Waals surface area (Å²) in [5, 5.41) is 12.0. The van der Waals surface area contributed by atoms with Crippen LogP contribution in [-0.4, -0.2) is 6.41 Å². The molecule has 0 aliphatic heterocycles. The van der Waals surface area contributed by atoms with Crippen molar-refractivity contribution in [1.29, 1.82) is 0 Å². The Morgan fingerprint density at radius 2 is 0.365 bits per heavy atom. The summed E-state index contributed by atoms with van der Waals surface area (Å²) >= 11 is 3.38. The van der Waals surface area contributed by atoms with Gasteiger partial charge in [0.1, 0.15) is 0 Å². The van der Waals surface area contributed by atoms with Gasteiger partial charge in [0.25, 0.3) is 0 Å². The summed E-state index contributed by atoms with van der Waals surface area (Å²) < 4.78 is 3.61. The molecular weight excluding hydrogens is 1450 g/mol. The fourth-order valence-corrected chi connectivity index (χ4v) is 25.1. The molecule has 8 aromatic rings. The zero-order valence-electron chi connectivity index (χ0n) is 64.9. The largest absolute Gasteiger partial charge is 0.150 e. The Bertz CT molecular complexity index is 3130. The quantitative estimate of drug-likeness (QED) is 0.107. The molecule has 0 unspecified atom stereocenters. The van der Waals surface area contributed by atoms with Gasteiger partial charge in [-0.3, -0.25) is 0 Å². The topological polar surface area (TPSA) is 0 Å². The second-order valence-electron chi connectivity index (χ2n) is 35.1. The molecule has 0 heterocycles. The molecule has 10 aliphatic carbocycles. The van der Waals surface area contributed by atoms with Gasteiger partial charge in [0.15, 0.2) is 0 Å². The zero-order valence-corrected chi connectivity index (χ0v) is 71.3. The van der Waals surface area contributed by atoms with Crippen LogP contribution in [0.15, 0.2) is 146 Å². The molecule has 10 aliphatic rings. The van der Waals surface area contributed by atoms with Gasteiger partial charge < -0.3 is 24.8 Å². The van der Waals surface area contributed by atoms with E-state index in [4.69, 9.17) is 0 Å². The maximum absolute atomic E-state index is 2.47. The van der Waals surface area contributed by atoms with E-state index in [1.165, 1.54) is 343 Å². The van der Waals surface area contributed by atoms with Crippen LogP contribution in [-0.2, 0) is 48.5 Å². The SMILES string of the molecule is [Cl-].[Cl-].[Zr+2]=[C]1CCCCC1.[Zr+2]=[C]1CCCCC1.c1ccc2c(C(C3CCCCC3)C3CCCCC3)c[cH-]c2c1.c1ccc2c(C(C3CCCCC3)C3CCCCC3)c[cH-]c2c1.c1ccc2c(C(C3CCCCC3)C3CCCCC3)c[cH-]c2c1.c1ccc2c(C(C3CCCCC3)C3CCCCC3)c[cH-]c2c1. The minimum atomic E-state index is 0. The Labute approximate surface area is 676 Å². The van der Waals surface area contributed by atoms with Crippen LogP contribution in [0.1, 0.15) is 367 Å². The molecule has 0 aromatic heterocycles. The Morgan fingerprint density at radius 3 is 0.519 bits per heavy atom. The maximum atomic E-state index is 2.47. The molecule has 10 saturated carbocycles. The molecule has 0 bridgehead atoms. The number of hydrogen-bond acceptors (Lipinski definition) is 0. The normalized spacial score (nSPS) is 21.4. The van der Waals surface area contributed by atoms with E-state index in [0.717, 1.165) is 71.0 Å². The summed E-state index contributed by atoms with van der Waals surface area (Å²) in [7, 11) is 0. The molecule has 0 atom stereocenters. The molecule has 0 spiro atoms. The van der Waals surface area contributed by atoms with Crippen LogP contribution in [0.4, 0.5) is 0 Å². The van der Waals surface area contributed by atoms with E-state index in [1.54, 1.807) is 98.7 Å². The van der Waals surface area contributed by atoms with E-state index >= 15 is 0 Å². The van der Waals surface area contributed by atoms with Crippen molar-refractivity contribution in [2.75, 3.05) is 0 Å². The van der Waals surface area contributed by atoms with Gasteiger partial charge in [-0.15, -0.1) is 187 Å². The molecule has 104 heavy (non-hydrogen) atoms. The van der Waals surface area contributed by atoms with Crippen LogP contribution in [0.2, 0.25) is 0 Å². The van der Waals surface area contributed by atoms with Crippen molar-refractivity contribution < 1.29 is 73.3 Å². The Morgan fingerprint density at radius 1 is 0.212 bits per heavy atom. The first-order valence-corrected chi connectivity index (χ1v) is 46.7. The monoisotopic (exact) mass is 1590 g/mol. The van der Waals surface area contributed by atoms with Crippen LogP contribution in [0.25, 0.3) is 43.1 Å². The number of fused-ring (bicyclic) bond motifs is 4. The van der Waals surface area contributed by atoms with E-state index in [9.17, 15) is 0 Å². The van der Waals surface area contributed by atoms with Crippen molar-refractivity contribution in [3.8, 4) is 0 Å². The molecule has 0 amide bonds. The summed E-state index contributed by atoms with van der Waals surface area (Å²) in [6, 6.07) is 55.6. The first-order valence-electron chi connectivity index (χ1n) is 44.2. The maximum Gasteiger partial charge on any atom is -0.0430 e. The second kappa shape index (κ2) is 44.4.